The number of fused-ring (bicyclic) bond motifs is 2. The standard InChI is InChI=1S/C23H17N5O4/c1-2-9-28-23(30)16-6-4-3-5-15(16)19(27-28)12-24-22(29)18-11-17(25-26-18)14-7-8-20-21(10-14)32-13-31-20/h1,3-8,10-11H,9,12-13H2,(H,24,29)(H,25,26). The Morgan fingerprint density at radius 2 is 1.97 bits per heavy atom. The van der Waals surface area contributed by atoms with Gasteiger partial charge in [0.15, 0.2) is 11.5 Å². The van der Waals surface area contributed by atoms with E-state index in [1.807, 2.05) is 18.2 Å². The lowest BCUT2D eigenvalue weighted by atomic mass is 10.1. The molecule has 0 radical (unpaired) electrons. The largest absolute Gasteiger partial charge is 0.454 e. The van der Waals surface area contributed by atoms with Gasteiger partial charge in [0.1, 0.15) is 12.2 Å². The lowest BCUT2D eigenvalue weighted by molar-refractivity contribution is 0.0945. The molecule has 2 aromatic heterocycles. The predicted octanol–water partition coefficient (Wildman–Crippen LogP) is 2.08. The third kappa shape index (κ3) is 3.44. The molecule has 2 N–H and O–H groups in total. The van der Waals surface area contributed by atoms with E-state index in [4.69, 9.17) is 15.9 Å². The summed E-state index contributed by atoms with van der Waals surface area (Å²) >= 11 is 0. The topological polar surface area (TPSA) is 111 Å². The fourth-order valence-electron chi connectivity index (χ4n) is 3.53. The Hall–Kier alpha value is -4.58. The van der Waals surface area contributed by atoms with E-state index in [0.29, 0.717) is 39.4 Å². The van der Waals surface area contributed by atoms with Crippen LogP contribution >= 0.6 is 0 Å². The monoisotopic (exact) mass is 427 g/mol. The fraction of sp³-hybridized carbons (Fsp3) is 0.130. The van der Waals surface area contributed by atoms with Crippen molar-refractivity contribution in [1.29, 1.82) is 0 Å². The minimum Gasteiger partial charge on any atom is -0.454 e. The number of terminal acetylenes is 1. The average molecular weight is 427 g/mol. The highest BCUT2D eigenvalue weighted by Crippen LogP contribution is 2.35. The van der Waals surface area contributed by atoms with E-state index in [1.54, 1.807) is 30.3 Å². The first-order chi connectivity index (χ1) is 15.6. The van der Waals surface area contributed by atoms with Gasteiger partial charge in [-0.2, -0.15) is 10.2 Å². The SMILES string of the molecule is C#CCn1nc(CNC(=O)c2cc(-c3ccc4c(c3)OCO4)n[nH]2)c2ccccc2c1=O. The van der Waals surface area contributed by atoms with Crippen LogP contribution in [-0.2, 0) is 13.1 Å². The predicted molar refractivity (Wildman–Crippen MR) is 116 cm³/mol. The van der Waals surface area contributed by atoms with E-state index >= 15 is 0 Å². The molecule has 0 fully saturated rings. The Morgan fingerprint density at radius 3 is 2.81 bits per heavy atom. The molecular weight excluding hydrogens is 410 g/mol. The number of amides is 1. The van der Waals surface area contributed by atoms with Crippen LogP contribution in [0.2, 0.25) is 0 Å². The highest BCUT2D eigenvalue weighted by Gasteiger charge is 2.17. The molecule has 0 spiro atoms. The number of nitrogens with one attached hydrogen (secondary N) is 2. The van der Waals surface area contributed by atoms with Gasteiger partial charge in [0.2, 0.25) is 6.79 Å². The number of ether oxygens (including phenoxy) is 2. The molecule has 4 aromatic rings. The number of rotatable bonds is 5. The molecule has 0 unspecified atom stereocenters. The second kappa shape index (κ2) is 7.92. The second-order valence-corrected chi connectivity index (χ2v) is 7.08. The van der Waals surface area contributed by atoms with Crippen molar-refractivity contribution < 1.29 is 14.3 Å². The molecule has 0 saturated carbocycles. The zero-order valence-electron chi connectivity index (χ0n) is 16.8. The van der Waals surface area contributed by atoms with E-state index in [-0.39, 0.29) is 31.3 Å². The number of hydrogen-bond acceptors (Lipinski definition) is 6. The van der Waals surface area contributed by atoms with E-state index in [1.165, 1.54) is 4.68 Å². The normalized spacial score (nSPS) is 12.0. The van der Waals surface area contributed by atoms with Crippen molar-refractivity contribution in [3.05, 3.63) is 70.3 Å². The molecule has 9 nitrogen and oxygen atoms in total. The Balaban J connectivity index is 1.37. The highest BCUT2D eigenvalue weighted by molar-refractivity contribution is 5.93. The third-order valence-electron chi connectivity index (χ3n) is 5.09. The zero-order valence-corrected chi connectivity index (χ0v) is 16.8. The van der Waals surface area contributed by atoms with Gasteiger partial charge in [-0.3, -0.25) is 14.7 Å². The first-order valence-electron chi connectivity index (χ1n) is 9.80. The maximum absolute atomic E-state index is 12.7. The molecule has 5 rings (SSSR count). The summed E-state index contributed by atoms with van der Waals surface area (Å²) in [6.45, 7) is 0.344. The molecule has 3 heterocycles. The van der Waals surface area contributed by atoms with Crippen LogP contribution in [0.5, 0.6) is 11.5 Å². The van der Waals surface area contributed by atoms with Crippen LogP contribution in [-0.4, -0.2) is 32.7 Å². The summed E-state index contributed by atoms with van der Waals surface area (Å²) in [5, 5.41) is 15.3. The summed E-state index contributed by atoms with van der Waals surface area (Å²) in [6.07, 6.45) is 5.36. The molecule has 1 aliphatic rings. The van der Waals surface area contributed by atoms with Gasteiger partial charge >= 0.3 is 0 Å². The summed E-state index contributed by atoms with van der Waals surface area (Å²) in [7, 11) is 0. The molecule has 0 bridgehead atoms. The minimum absolute atomic E-state index is 0.0457. The van der Waals surface area contributed by atoms with Crippen molar-refractivity contribution in [1.82, 2.24) is 25.3 Å². The van der Waals surface area contributed by atoms with Crippen LogP contribution in [0.15, 0.2) is 53.3 Å². The highest BCUT2D eigenvalue weighted by atomic mass is 16.7. The van der Waals surface area contributed by atoms with Crippen LogP contribution in [0.4, 0.5) is 0 Å². The van der Waals surface area contributed by atoms with E-state index in [9.17, 15) is 9.59 Å². The van der Waals surface area contributed by atoms with Crippen LogP contribution in [0.3, 0.4) is 0 Å². The molecule has 0 aliphatic carbocycles. The quantitative estimate of drug-likeness (QED) is 0.472. The number of benzene rings is 2. The number of carbonyl (C=O) groups excluding carboxylic acids is 1. The van der Waals surface area contributed by atoms with Gasteiger partial charge in [0.25, 0.3) is 11.5 Å². The number of nitrogens with zero attached hydrogens (tertiary/aromatic N) is 3. The smallest absolute Gasteiger partial charge is 0.275 e. The second-order valence-electron chi connectivity index (χ2n) is 7.08. The van der Waals surface area contributed by atoms with Crippen LogP contribution in [0.25, 0.3) is 22.0 Å². The molecule has 1 amide bonds. The van der Waals surface area contributed by atoms with Gasteiger partial charge in [0.05, 0.1) is 23.3 Å². The molecule has 9 heteroatoms. The van der Waals surface area contributed by atoms with Crippen molar-refractivity contribution in [2.45, 2.75) is 13.1 Å². The molecule has 1 aliphatic heterocycles. The Morgan fingerprint density at radius 1 is 1.16 bits per heavy atom. The fourth-order valence-corrected chi connectivity index (χ4v) is 3.53. The Bertz CT molecular complexity index is 1450. The number of H-pyrrole nitrogens is 1. The van der Waals surface area contributed by atoms with Crippen LogP contribution in [0, 0.1) is 12.3 Å². The number of aromatic nitrogens is 4. The summed E-state index contributed by atoms with van der Waals surface area (Å²) in [4.78, 5) is 25.2. The van der Waals surface area contributed by atoms with Gasteiger partial charge < -0.3 is 14.8 Å². The summed E-state index contributed by atoms with van der Waals surface area (Å²) in [5.74, 6) is 3.38. The van der Waals surface area contributed by atoms with Gasteiger partial charge in [-0.1, -0.05) is 24.1 Å². The first-order valence-corrected chi connectivity index (χ1v) is 9.80. The molecular formula is C23H17N5O4. The molecule has 0 atom stereocenters. The van der Waals surface area contributed by atoms with E-state index in [0.717, 1.165) is 5.56 Å². The van der Waals surface area contributed by atoms with E-state index in [2.05, 4.69) is 26.5 Å². The van der Waals surface area contributed by atoms with Gasteiger partial charge in [-0.05, 0) is 30.3 Å². The lowest BCUT2D eigenvalue weighted by Gasteiger charge is -2.10. The maximum atomic E-state index is 12.7. The summed E-state index contributed by atoms with van der Waals surface area (Å²) in [6, 6.07) is 14.2. The van der Waals surface area contributed by atoms with Crippen molar-refractivity contribution in [2.24, 2.45) is 0 Å². The molecule has 2 aromatic carbocycles. The van der Waals surface area contributed by atoms with Crippen LogP contribution < -0.4 is 20.3 Å². The number of aromatic amines is 1. The zero-order chi connectivity index (χ0) is 22.1. The first kappa shape index (κ1) is 19.4. The van der Waals surface area contributed by atoms with E-state index < -0.39 is 0 Å². The van der Waals surface area contributed by atoms with Gasteiger partial charge in [-0.15, -0.1) is 6.42 Å². The number of hydrogen-bond donors (Lipinski definition) is 2. The van der Waals surface area contributed by atoms with Crippen molar-refractivity contribution in [2.75, 3.05) is 6.79 Å². The minimum atomic E-state index is -0.356. The summed E-state index contributed by atoms with van der Waals surface area (Å²) < 4.78 is 11.9. The number of carbonyl (C=O) groups is 1. The molecule has 0 saturated heterocycles. The van der Waals surface area contributed by atoms with Crippen LogP contribution in [0.1, 0.15) is 16.2 Å². The Kier molecular flexibility index (Phi) is 4.80. The Labute approximate surface area is 182 Å². The third-order valence-corrected chi connectivity index (χ3v) is 5.09. The summed E-state index contributed by atoms with van der Waals surface area (Å²) in [5.41, 5.74) is 1.95. The van der Waals surface area contributed by atoms with Gasteiger partial charge in [0, 0.05) is 10.9 Å². The van der Waals surface area contributed by atoms with Crippen molar-refractivity contribution in [3.8, 4) is 35.1 Å². The van der Waals surface area contributed by atoms with Crippen molar-refractivity contribution in [3.63, 3.8) is 0 Å². The average Bonchev–Trinajstić information content (AvgIpc) is 3.49. The maximum Gasteiger partial charge on any atom is 0.275 e. The van der Waals surface area contributed by atoms with Gasteiger partial charge in [-0.25, -0.2) is 4.68 Å². The molecule has 158 valence electrons. The lowest BCUT2D eigenvalue weighted by Crippen LogP contribution is -2.28. The molecule has 32 heavy (non-hydrogen) atoms. The van der Waals surface area contributed by atoms with Crippen molar-refractivity contribution >= 4 is 16.7 Å².